The zero-order chi connectivity index (χ0) is 26.7. The van der Waals surface area contributed by atoms with Crippen LogP contribution in [0.2, 0.25) is 0 Å². The van der Waals surface area contributed by atoms with Gasteiger partial charge in [-0.3, -0.25) is 9.59 Å². The zero-order valence-electron chi connectivity index (χ0n) is 20.5. The summed E-state index contributed by atoms with van der Waals surface area (Å²) in [6.45, 7) is -0.0630. The predicted molar refractivity (Wildman–Crippen MR) is 132 cm³/mol. The summed E-state index contributed by atoms with van der Waals surface area (Å²) in [6, 6.07) is 11.5. The van der Waals surface area contributed by atoms with Crippen LogP contribution in [-0.2, 0) is 11.3 Å². The maximum Gasteiger partial charge on any atom is 0.387 e. The van der Waals surface area contributed by atoms with E-state index in [2.05, 4.69) is 9.97 Å². The Kier molecular flexibility index (Phi) is 5.68. The number of aromatic nitrogens is 4. The number of ether oxygens (including phenoxy) is 1. The third-order valence-corrected chi connectivity index (χ3v) is 7.16. The van der Waals surface area contributed by atoms with Crippen molar-refractivity contribution in [1.29, 1.82) is 0 Å². The minimum atomic E-state index is -3.10. The number of rotatable bonds is 5. The molecule has 2 aliphatic rings. The molecule has 0 radical (unpaired) electrons. The van der Waals surface area contributed by atoms with Crippen molar-refractivity contribution < 1.29 is 28.2 Å². The van der Waals surface area contributed by atoms with Gasteiger partial charge < -0.3 is 19.3 Å². The molecule has 11 heteroatoms. The molecule has 1 unspecified atom stereocenters. The number of alkyl halides is 2. The van der Waals surface area contributed by atoms with Gasteiger partial charge in [-0.15, -0.1) is 0 Å². The molecular weight excluding hydrogens is 496 g/mol. The molecule has 2 aromatic heterocycles. The Balaban J connectivity index is 1.65. The Morgan fingerprint density at radius 1 is 1.11 bits per heavy atom. The number of halogens is 2. The number of carbonyl (C=O) groups is 2. The fourth-order valence-electron chi connectivity index (χ4n) is 5.61. The molecule has 2 aromatic carbocycles. The topological polar surface area (TPSA) is 110 Å². The Bertz CT molecular complexity index is 1600. The van der Waals surface area contributed by atoms with Gasteiger partial charge in [0.05, 0.1) is 28.8 Å². The number of hydrogen-bond acceptors (Lipinski definition) is 7. The van der Waals surface area contributed by atoms with Crippen LogP contribution in [0, 0.1) is 0 Å². The molecule has 4 heterocycles. The number of aliphatic hydroxyl groups excluding tert-OH is 1. The normalized spacial score (nSPS) is 18.7. The summed E-state index contributed by atoms with van der Waals surface area (Å²) in [5.41, 5.74) is 3.50. The molecule has 0 fully saturated rings. The van der Waals surface area contributed by atoms with Gasteiger partial charge in [0.15, 0.2) is 5.82 Å². The lowest BCUT2D eigenvalue weighted by molar-refractivity contribution is -0.132. The van der Waals surface area contributed by atoms with Crippen LogP contribution >= 0.6 is 0 Å². The Labute approximate surface area is 215 Å². The van der Waals surface area contributed by atoms with E-state index < -0.39 is 18.5 Å². The molecule has 0 saturated heterocycles. The van der Waals surface area contributed by atoms with Crippen molar-refractivity contribution in [3.05, 3.63) is 71.4 Å². The maximum atomic E-state index is 13.6. The first-order valence-corrected chi connectivity index (χ1v) is 12.1. The van der Waals surface area contributed by atoms with Gasteiger partial charge in [-0.05, 0) is 42.3 Å². The highest BCUT2D eigenvalue weighted by Crippen LogP contribution is 2.52. The second-order valence-corrected chi connectivity index (χ2v) is 9.44. The summed E-state index contributed by atoms with van der Waals surface area (Å²) < 4.78 is 34.2. The Hall–Kier alpha value is -4.25. The van der Waals surface area contributed by atoms with Gasteiger partial charge in [-0.25, -0.2) is 15.0 Å². The van der Waals surface area contributed by atoms with Gasteiger partial charge in [0.25, 0.3) is 0 Å². The molecule has 1 N–H and O–H groups in total. The Morgan fingerprint density at radius 3 is 2.63 bits per heavy atom. The number of ketones is 1. The SMILES string of the molecule is CC(=O)N1Cc2ccc(OC(F)F)c(-c3ccnc(C(=O)C(C)O)n3)c2[C@H]2C[C@@H]1c1nc3ccccc3n12. The zero-order valence-corrected chi connectivity index (χ0v) is 20.5. The lowest BCUT2D eigenvalue weighted by Crippen LogP contribution is -2.31. The monoisotopic (exact) mass is 519 g/mol. The van der Waals surface area contributed by atoms with E-state index in [9.17, 15) is 23.5 Å². The van der Waals surface area contributed by atoms with Crippen molar-refractivity contribution in [2.75, 3.05) is 0 Å². The second kappa shape index (κ2) is 8.95. The van der Waals surface area contributed by atoms with Gasteiger partial charge in [0.2, 0.25) is 11.7 Å². The second-order valence-electron chi connectivity index (χ2n) is 9.44. The van der Waals surface area contributed by atoms with Crippen LogP contribution in [0.4, 0.5) is 8.78 Å². The van der Waals surface area contributed by atoms with E-state index >= 15 is 0 Å². The molecule has 194 valence electrons. The summed E-state index contributed by atoms with van der Waals surface area (Å²) in [4.78, 5) is 40.2. The summed E-state index contributed by atoms with van der Waals surface area (Å²) in [7, 11) is 0. The van der Waals surface area contributed by atoms with Crippen molar-refractivity contribution in [3.8, 4) is 17.0 Å². The molecular formula is C27H23F2N5O4. The number of fused-ring (bicyclic) bond motifs is 9. The molecule has 9 nitrogen and oxygen atoms in total. The van der Waals surface area contributed by atoms with E-state index in [1.807, 2.05) is 28.8 Å². The molecule has 0 spiro atoms. The number of aliphatic hydroxyl groups is 1. The van der Waals surface area contributed by atoms with Crippen LogP contribution in [0.3, 0.4) is 0 Å². The van der Waals surface area contributed by atoms with Gasteiger partial charge in [-0.2, -0.15) is 8.78 Å². The summed E-state index contributed by atoms with van der Waals surface area (Å²) >= 11 is 0. The average Bonchev–Trinajstić information content (AvgIpc) is 3.38. The van der Waals surface area contributed by atoms with E-state index in [1.165, 1.54) is 32.2 Å². The van der Waals surface area contributed by atoms with Gasteiger partial charge in [0.1, 0.15) is 17.7 Å². The predicted octanol–water partition coefficient (Wildman–Crippen LogP) is 4.05. The Morgan fingerprint density at radius 2 is 1.89 bits per heavy atom. The van der Waals surface area contributed by atoms with Crippen molar-refractivity contribution in [2.45, 2.75) is 51.6 Å². The number of hydrogen-bond donors (Lipinski definition) is 1. The van der Waals surface area contributed by atoms with Crippen molar-refractivity contribution >= 4 is 22.7 Å². The molecule has 4 aromatic rings. The third kappa shape index (κ3) is 3.73. The van der Waals surface area contributed by atoms with Crippen LogP contribution in [-0.4, -0.2) is 53.9 Å². The molecule has 2 aliphatic heterocycles. The number of nitrogens with zero attached hydrogens (tertiary/aromatic N) is 5. The molecule has 6 rings (SSSR count). The van der Waals surface area contributed by atoms with Crippen LogP contribution in [0.1, 0.15) is 59.9 Å². The average molecular weight is 520 g/mol. The first-order valence-electron chi connectivity index (χ1n) is 12.1. The number of carbonyl (C=O) groups excluding carboxylic acids is 2. The number of Topliss-reactive ketones (excluding diaryl/α,β-unsaturated/α-hetero) is 1. The highest BCUT2D eigenvalue weighted by Gasteiger charge is 2.44. The summed E-state index contributed by atoms with van der Waals surface area (Å²) in [5.74, 6) is -0.468. The first-order chi connectivity index (χ1) is 18.2. The van der Waals surface area contributed by atoms with Crippen LogP contribution in [0.25, 0.3) is 22.3 Å². The fraction of sp³-hybridized carbons (Fsp3) is 0.296. The number of amides is 1. The fourth-order valence-corrected chi connectivity index (χ4v) is 5.61. The van der Waals surface area contributed by atoms with Gasteiger partial charge in [0, 0.05) is 31.6 Å². The highest BCUT2D eigenvalue weighted by atomic mass is 19.3. The van der Waals surface area contributed by atoms with E-state index in [4.69, 9.17) is 9.72 Å². The van der Waals surface area contributed by atoms with E-state index in [-0.39, 0.29) is 47.4 Å². The minimum Gasteiger partial charge on any atom is -0.434 e. The molecule has 38 heavy (non-hydrogen) atoms. The highest BCUT2D eigenvalue weighted by molar-refractivity contribution is 5.96. The molecule has 1 amide bonds. The van der Waals surface area contributed by atoms with Crippen molar-refractivity contribution in [1.82, 2.24) is 24.4 Å². The number of benzene rings is 2. The van der Waals surface area contributed by atoms with Crippen LogP contribution in [0.15, 0.2) is 48.7 Å². The van der Waals surface area contributed by atoms with Crippen LogP contribution < -0.4 is 4.74 Å². The third-order valence-electron chi connectivity index (χ3n) is 7.16. The summed E-state index contributed by atoms with van der Waals surface area (Å²) in [6.07, 6.45) is 0.488. The van der Waals surface area contributed by atoms with Gasteiger partial charge in [-0.1, -0.05) is 18.2 Å². The summed E-state index contributed by atoms with van der Waals surface area (Å²) in [5, 5.41) is 9.79. The van der Waals surface area contributed by atoms with Crippen molar-refractivity contribution in [2.24, 2.45) is 0 Å². The molecule has 0 aliphatic carbocycles. The molecule has 0 saturated carbocycles. The maximum absolute atomic E-state index is 13.6. The largest absolute Gasteiger partial charge is 0.434 e. The molecule has 3 atom stereocenters. The number of imidazole rings is 1. The van der Waals surface area contributed by atoms with E-state index in [1.54, 1.807) is 11.0 Å². The van der Waals surface area contributed by atoms with Crippen molar-refractivity contribution in [3.63, 3.8) is 0 Å². The quantitative estimate of drug-likeness (QED) is 0.396. The molecule has 2 bridgehead atoms. The minimum absolute atomic E-state index is 0.112. The standard InChI is InChI=1S/C27H23F2N5O4/c1-13(35)24(37)25-30-10-9-17(31-25)23-21(38-27(28)29)8-7-15-12-33(14(2)36)20-11-19(22(15)23)34-18-6-4-3-5-16(18)32-26(20)34/h3-10,13,19-20,27,35H,11-12H2,1-2H3/t13?,19-,20-/m1/s1. The van der Waals surface area contributed by atoms with Gasteiger partial charge >= 0.3 is 6.61 Å². The van der Waals surface area contributed by atoms with E-state index in [0.29, 0.717) is 12.0 Å². The number of para-hydroxylation sites is 2. The first kappa shape index (κ1) is 24.1. The van der Waals surface area contributed by atoms with E-state index in [0.717, 1.165) is 22.4 Å². The lowest BCUT2D eigenvalue weighted by Gasteiger charge is -2.28. The van der Waals surface area contributed by atoms with Crippen LogP contribution in [0.5, 0.6) is 5.75 Å². The lowest BCUT2D eigenvalue weighted by atomic mass is 9.91. The smallest absolute Gasteiger partial charge is 0.387 e.